The molecular formula is C21H16Cl2F2N2O3. The van der Waals surface area contributed by atoms with Crippen molar-refractivity contribution in [1.82, 2.24) is 9.55 Å². The maximum atomic E-state index is 13.0. The van der Waals surface area contributed by atoms with Crippen LogP contribution in [0.4, 0.5) is 8.78 Å². The van der Waals surface area contributed by atoms with Gasteiger partial charge < -0.3 is 9.67 Å². The van der Waals surface area contributed by atoms with Crippen molar-refractivity contribution in [2.45, 2.75) is 26.3 Å². The van der Waals surface area contributed by atoms with Gasteiger partial charge in [-0.1, -0.05) is 35.3 Å². The molecular weight excluding hydrogens is 437 g/mol. The van der Waals surface area contributed by atoms with Crippen LogP contribution in [-0.4, -0.2) is 20.6 Å². The third-order valence-electron chi connectivity index (χ3n) is 4.53. The molecule has 0 aliphatic rings. The van der Waals surface area contributed by atoms with E-state index in [9.17, 15) is 23.5 Å². The molecule has 3 aromatic rings. The van der Waals surface area contributed by atoms with E-state index in [-0.39, 0.29) is 27.9 Å². The minimum absolute atomic E-state index is 0.0673. The van der Waals surface area contributed by atoms with Crippen LogP contribution in [0.5, 0.6) is 0 Å². The number of hydrogen-bond donors (Lipinski definition) is 1. The van der Waals surface area contributed by atoms with Gasteiger partial charge in [-0.3, -0.25) is 9.78 Å². The number of nitrogens with zero attached hydrogens (tertiary/aromatic N) is 2. The van der Waals surface area contributed by atoms with Crippen LogP contribution in [0.1, 0.15) is 40.8 Å². The zero-order valence-corrected chi connectivity index (χ0v) is 17.2. The van der Waals surface area contributed by atoms with E-state index >= 15 is 0 Å². The lowest BCUT2D eigenvalue weighted by molar-refractivity contribution is 0.0695. The Kier molecular flexibility index (Phi) is 6.53. The Morgan fingerprint density at radius 1 is 1.17 bits per heavy atom. The first-order chi connectivity index (χ1) is 14.2. The molecule has 0 spiro atoms. The second-order valence-electron chi connectivity index (χ2n) is 6.43. The molecule has 0 bridgehead atoms. The molecule has 0 aliphatic heterocycles. The zero-order valence-electron chi connectivity index (χ0n) is 15.7. The molecule has 1 N–H and O–H groups in total. The highest BCUT2D eigenvalue weighted by Gasteiger charge is 2.22. The number of pyridine rings is 2. The van der Waals surface area contributed by atoms with Gasteiger partial charge in [0.15, 0.2) is 5.43 Å². The summed E-state index contributed by atoms with van der Waals surface area (Å²) in [7, 11) is 0. The summed E-state index contributed by atoms with van der Waals surface area (Å²) in [6, 6.07) is 10.0. The number of carbonyl (C=O) groups is 1. The van der Waals surface area contributed by atoms with Gasteiger partial charge in [0.1, 0.15) is 11.3 Å². The number of rotatable bonds is 6. The predicted molar refractivity (Wildman–Crippen MR) is 111 cm³/mol. The van der Waals surface area contributed by atoms with Crippen LogP contribution in [-0.2, 0) is 13.0 Å². The fraction of sp³-hybridized carbons (Fsp3) is 0.190. The number of benzene rings is 1. The Labute approximate surface area is 180 Å². The molecule has 2 aromatic heterocycles. The number of carboxylic acids is 1. The van der Waals surface area contributed by atoms with Crippen molar-refractivity contribution in [2.75, 3.05) is 0 Å². The molecule has 0 aliphatic carbocycles. The lowest BCUT2D eigenvalue weighted by Gasteiger charge is -2.20. The summed E-state index contributed by atoms with van der Waals surface area (Å²) in [5.41, 5.74) is -0.149. The van der Waals surface area contributed by atoms with Crippen LogP contribution in [0.15, 0.2) is 47.3 Å². The third-order valence-corrected chi connectivity index (χ3v) is 5.27. The Hall–Kier alpha value is -2.77. The Morgan fingerprint density at radius 2 is 1.90 bits per heavy atom. The van der Waals surface area contributed by atoms with E-state index in [4.69, 9.17) is 23.2 Å². The van der Waals surface area contributed by atoms with E-state index < -0.39 is 23.4 Å². The van der Waals surface area contributed by atoms with Gasteiger partial charge in [0.05, 0.1) is 15.7 Å². The number of aromatic carboxylic acids is 1. The molecule has 0 fully saturated rings. The second-order valence-corrected chi connectivity index (χ2v) is 7.25. The van der Waals surface area contributed by atoms with Gasteiger partial charge in [-0.2, -0.15) is 0 Å². The maximum Gasteiger partial charge on any atom is 0.341 e. The van der Waals surface area contributed by atoms with Crippen LogP contribution in [0, 0.1) is 0 Å². The van der Waals surface area contributed by atoms with Crippen LogP contribution in [0.3, 0.4) is 0 Å². The first-order valence-corrected chi connectivity index (χ1v) is 9.68. The van der Waals surface area contributed by atoms with Crippen molar-refractivity contribution in [1.29, 1.82) is 0 Å². The van der Waals surface area contributed by atoms with Gasteiger partial charge in [0.25, 0.3) is 6.43 Å². The summed E-state index contributed by atoms with van der Waals surface area (Å²) < 4.78 is 27.6. The fourth-order valence-electron chi connectivity index (χ4n) is 3.26. The van der Waals surface area contributed by atoms with Gasteiger partial charge in [0, 0.05) is 36.0 Å². The van der Waals surface area contributed by atoms with Crippen LogP contribution >= 0.6 is 23.2 Å². The van der Waals surface area contributed by atoms with E-state index in [1.165, 1.54) is 30.3 Å². The quantitative estimate of drug-likeness (QED) is 0.538. The number of carboxylic acid groups (broad SMARTS) is 1. The summed E-state index contributed by atoms with van der Waals surface area (Å²) in [4.78, 5) is 28.5. The molecule has 9 heteroatoms. The Morgan fingerprint density at radius 3 is 2.50 bits per heavy atom. The molecule has 0 atom stereocenters. The molecule has 1 aromatic carbocycles. The van der Waals surface area contributed by atoms with Crippen LogP contribution in [0.2, 0.25) is 10.0 Å². The summed E-state index contributed by atoms with van der Waals surface area (Å²) in [6.45, 7) is 2.10. The maximum absolute atomic E-state index is 13.0. The first kappa shape index (κ1) is 21.9. The average molecular weight is 453 g/mol. The lowest BCUT2D eigenvalue weighted by Crippen LogP contribution is -2.23. The largest absolute Gasteiger partial charge is 0.477 e. The molecule has 0 saturated carbocycles. The first-order valence-electron chi connectivity index (χ1n) is 8.92. The molecule has 0 amide bonds. The Balaban J connectivity index is 2.24. The van der Waals surface area contributed by atoms with E-state index in [1.807, 2.05) is 0 Å². The predicted octanol–water partition coefficient (Wildman–Crippen LogP) is 5.46. The van der Waals surface area contributed by atoms with Crippen molar-refractivity contribution in [2.24, 2.45) is 0 Å². The number of halogens is 4. The van der Waals surface area contributed by atoms with Gasteiger partial charge in [0.2, 0.25) is 0 Å². The second kappa shape index (κ2) is 8.93. The minimum Gasteiger partial charge on any atom is -0.477 e. The van der Waals surface area contributed by atoms with Gasteiger partial charge in [-0.05, 0) is 31.2 Å². The highest BCUT2D eigenvalue weighted by atomic mass is 35.5. The highest BCUT2D eigenvalue weighted by molar-refractivity contribution is 6.42. The zero-order chi connectivity index (χ0) is 22.0. The highest BCUT2D eigenvalue weighted by Crippen LogP contribution is 2.31. The summed E-state index contributed by atoms with van der Waals surface area (Å²) >= 11 is 12.1. The molecule has 0 unspecified atom stereocenters. The smallest absolute Gasteiger partial charge is 0.341 e. The van der Waals surface area contributed by atoms with E-state index in [0.29, 0.717) is 23.5 Å². The molecule has 30 heavy (non-hydrogen) atoms. The minimum atomic E-state index is -2.72. The monoisotopic (exact) mass is 452 g/mol. The fourth-order valence-corrected chi connectivity index (χ4v) is 3.56. The van der Waals surface area contributed by atoms with E-state index in [0.717, 1.165) is 0 Å². The van der Waals surface area contributed by atoms with Crippen LogP contribution < -0.4 is 5.43 Å². The topological polar surface area (TPSA) is 72.2 Å². The lowest BCUT2D eigenvalue weighted by atomic mass is 10.0. The van der Waals surface area contributed by atoms with Crippen molar-refractivity contribution in [3.63, 3.8) is 0 Å². The van der Waals surface area contributed by atoms with Gasteiger partial charge in [-0.15, -0.1) is 0 Å². The molecule has 3 rings (SSSR count). The molecule has 5 nitrogen and oxygen atoms in total. The number of hydrogen-bond acceptors (Lipinski definition) is 3. The van der Waals surface area contributed by atoms with Gasteiger partial charge in [-0.25, -0.2) is 13.6 Å². The SMILES string of the molecule is CCn1c(Cc2cccc(C(F)F)n2)cc(=O)c(C(=O)O)c1-c1ccc(Cl)c(Cl)c1. The summed E-state index contributed by atoms with van der Waals surface area (Å²) in [6.07, 6.45) is -2.66. The van der Waals surface area contributed by atoms with Gasteiger partial charge >= 0.3 is 5.97 Å². The average Bonchev–Trinajstić information content (AvgIpc) is 2.69. The standard InChI is InChI=1S/C21H16Cl2F2N2O3/c1-2-27-13(9-12-4-3-5-16(26-12)20(24)25)10-17(28)18(21(29)30)19(27)11-6-7-14(22)15(23)8-11/h3-8,10,20H,2,9H2,1H3,(H,29,30). The number of alkyl halides is 2. The van der Waals surface area contributed by atoms with Crippen LogP contribution in [0.25, 0.3) is 11.3 Å². The van der Waals surface area contributed by atoms with Crippen molar-refractivity contribution in [3.8, 4) is 11.3 Å². The van der Waals surface area contributed by atoms with E-state index in [1.54, 1.807) is 23.6 Å². The summed E-state index contributed by atoms with van der Waals surface area (Å²) in [5, 5.41) is 10.2. The molecule has 156 valence electrons. The van der Waals surface area contributed by atoms with Crippen molar-refractivity contribution >= 4 is 29.2 Å². The summed E-state index contributed by atoms with van der Waals surface area (Å²) in [5.74, 6) is -1.38. The molecule has 2 heterocycles. The van der Waals surface area contributed by atoms with Crippen molar-refractivity contribution in [3.05, 3.63) is 85.4 Å². The van der Waals surface area contributed by atoms with Crippen molar-refractivity contribution < 1.29 is 18.7 Å². The normalized spacial score (nSPS) is 11.1. The van der Waals surface area contributed by atoms with E-state index in [2.05, 4.69) is 4.98 Å². The molecule has 0 saturated heterocycles. The number of aromatic nitrogens is 2. The molecule has 0 radical (unpaired) electrons. The third kappa shape index (κ3) is 4.37. The Bertz CT molecular complexity index is 1180.